The minimum absolute atomic E-state index is 0.0136. The molecule has 3 heterocycles. The van der Waals surface area contributed by atoms with E-state index in [1.807, 2.05) is 5.38 Å². The zero-order valence-electron chi connectivity index (χ0n) is 11.8. The van der Waals surface area contributed by atoms with Crippen LogP contribution >= 0.6 is 22.7 Å². The maximum Gasteiger partial charge on any atom is 0.287 e. The van der Waals surface area contributed by atoms with Crippen LogP contribution in [0.5, 0.6) is 0 Å². The summed E-state index contributed by atoms with van der Waals surface area (Å²) in [7, 11) is -3.56. The summed E-state index contributed by atoms with van der Waals surface area (Å²) >= 11 is 2.53. The highest BCUT2D eigenvalue weighted by atomic mass is 32.2. The number of nitrogens with one attached hydrogen (secondary N) is 1. The van der Waals surface area contributed by atoms with E-state index in [0.717, 1.165) is 0 Å². The molecule has 0 saturated carbocycles. The van der Waals surface area contributed by atoms with Crippen molar-refractivity contribution < 1.29 is 17.6 Å². The summed E-state index contributed by atoms with van der Waals surface area (Å²) in [6.45, 7) is -0.0136. The van der Waals surface area contributed by atoms with Gasteiger partial charge >= 0.3 is 0 Å². The second kappa shape index (κ2) is 6.69. The molecular weight excluding hydrogens is 354 g/mol. The summed E-state index contributed by atoms with van der Waals surface area (Å²) in [5.74, 6) is -0.276. The van der Waals surface area contributed by atoms with Crippen molar-refractivity contribution in [3.8, 4) is 0 Å². The molecule has 5 nitrogen and oxygen atoms in total. The van der Waals surface area contributed by atoms with Crippen molar-refractivity contribution in [3.63, 3.8) is 0 Å². The maximum absolute atomic E-state index is 12.8. The number of furan rings is 1. The smallest absolute Gasteiger partial charge is 0.287 e. The number of carbonyl (C=O) groups is 1. The predicted octanol–water partition coefficient (Wildman–Crippen LogP) is 3.35. The summed E-state index contributed by atoms with van der Waals surface area (Å²) in [6.07, 6.45) is 1.40. The van der Waals surface area contributed by atoms with Gasteiger partial charge in [0.15, 0.2) is 15.6 Å². The third-order valence-electron chi connectivity index (χ3n) is 3.20. The maximum atomic E-state index is 12.8. The van der Waals surface area contributed by atoms with E-state index in [2.05, 4.69) is 5.32 Å². The molecule has 8 heteroatoms. The van der Waals surface area contributed by atoms with Gasteiger partial charge in [0.25, 0.3) is 5.91 Å². The second-order valence-electron chi connectivity index (χ2n) is 4.67. The number of carbonyl (C=O) groups excluding carboxylic acids is 1. The number of thiophene rings is 2. The SMILES string of the molecule is O=C(NCC(c1cccs1)S(=O)(=O)c1cccs1)c1ccco1. The van der Waals surface area contributed by atoms with E-state index < -0.39 is 21.0 Å². The van der Waals surface area contributed by atoms with Gasteiger partial charge in [0.1, 0.15) is 9.46 Å². The van der Waals surface area contributed by atoms with Crippen molar-refractivity contribution in [2.45, 2.75) is 9.46 Å². The standard InChI is InChI=1S/C15H13NO4S3/c17-15(11-4-1-7-20-11)16-10-13(12-5-2-8-21-12)23(18,19)14-6-3-9-22-14/h1-9,13H,10H2,(H,16,17). The van der Waals surface area contributed by atoms with E-state index >= 15 is 0 Å². The van der Waals surface area contributed by atoms with Crippen molar-refractivity contribution in [3.05, 3.63) is 64.1 Å². The molecule has 3 aromatic rings. The van der Waals surface area contributed by atoms with Crippen molar-refractivity contribution in [2.24, 2.45) is 0 Å². The van der Waals surface area contributed by atoms with Crippen molar-refractivity contribution in [1.29, 1.82) is 0 Å². The molecule has 23 heavy (non-hydrogen) atoms. The average molecular weight is 367 g/mol. The quantitative estimate of drug-likeness (QED) is 0.725. The number of rotatable bonds is 6. The molecule has 0 fully saturated rings. The lowest BCUT2D eigenvalue weighted by Crippen LogP contribution is -2.31. The Kier molecular flexibility index (Phi) is 4.65. The molecule has 0 aromatic carbocycles. The van der Waals surface area contributed by atoms with Crippen LogP contribution in [0, 0.1) is 0 Å². The second-order valence-corrected chi connectivity index (χ2v) is 8.95. The van der Waals surface area contributed by atoms with Crippen LogP contribution in [0.15, 0.2) is 62.0 Å². The molecule has 0 aliphatic carbocycles. The minimum atomic E-state index is -3.56. The average Bonchev–Trinajstić information content (AvgIpc) is 3.27. The van der Waals surface area contributed by atoms with Gasteiger partial charge in [0.05, 0.1) is 6.26 Å². The van der Waals surface area contributed by atoms with E-state index in [-0.39, 0.29) is 12.3 Å². The van der Waals surface area contributed by atoms with Gasteiger partial charge in [-0.25, -0.2) is 8.42 Å². The molecule has 0 aliphatic rings. The molecule has 0 bridgehead atoms. The van der Waals surface area contributed by atoms with Crippen LogP contribution in [0.25, 0.3) is 0 Å². The summed E-state index contributed by atoms with van der Waals surface area (Å²) in [5, 5.41) is 5.36. The highest BCUT2D eigenvalue weighted by molar-refractivity contribution is 7.93. The Morgan fingerprint density at radius 3 is 2.52 bits per heavy atom. The first-order chi connectivity index (χ1) is 11.1. The monoisotopic (exact) mass is 367 g/mol. The topological polar surface area (TPSA) is 76.4 Å². The molecule has 1 amide bonds. The first-order valence-corrected chi connectivity index (χ1v) is 10.0. The first kappa shape index (κ1) is 16.0. The Labute approximate surface area is 141 Å². The van der Waals surface area contributed by atoms with Crippen molar-refractivity contribution in [1.82, 2.24) is 5.32 Å². The number of sulfone groups is 1. The third-order valence-corrected chi connectivity index (χ3v) is 7.85. The number of amides is 1. The van der Waals surface area contributed by atoms with Gasteiger partial charge in [0, 0.05) is 11.4 Å². The first-order valence-electron chi connectivity index (χ1n) is 6.71. The molecule has 3 aromatic heterocycles. The molecule has 3 rings (SSSR count). The highest BCUT2D eigenvalue weighted by Gasteiger charge is 2.31. The summed E-state index contributed by atoms with van der Waals surface area (Å²) in [5.41, 5.74) is 0. The molecule has 1 atom stereocenters. The largest absolute Gasteiger partial charge is 0.459 e. The van der Waals surface area contributed by atoms with Gasteiger partial charge in [0.2, 0.25) is 0 Å². The van der Waals surface area contributed by atoms with Gasteiger partial charge in [-0.2, -0.15) is 0 Å². The molecule has 0 radical (unpaired) electrons. The lowest BCUT2D eigenvalue weighted by Gasteiger charge is -2.16. The van der Waals surface area contributed by atoms with Crippen LogP contribution < -0.4 is 5.32 Å². The fourth-order valence-corrected chi connectivity index (χ4v) is 6.07. The summed E-state index contributed by atoms with van der Waals surface area (Å²) < 4.78 is 31.0. The molecule has 0 aliphatic heterocycles. The number of hydrogen-bond acceptors (Lipinski definition) is 6. The zero-order valence-corrected chi connectivity index (χ0v) is 14.3. The van der Waals surface area contributed by atoms with Gasteiger partial charge in [-0.05, 0) is 35.0 Å². The fraction of sp³-hybridized carbons (Fsp3) is 0.133. The lowest BCUT2D eigenvalue weighted by atomic mass is 10.3. The van der Waals surface area contributed by atoms with E-state index in [4.69, 9.17) is 4.42 Å². The molecule has 120 valence electrons. The van der Waals surface area contributed by atoms with Crippen molar-refractivity contribution >= 4 is 38.4 Å². The van der Waals surface area contributed by atoms with Crippen LogP contribution in [-0.4, -0.2) is 20.9 Å². The Morgan fingerprint density at radius 1 is 1.13 bits per heavy atom. The lowest BCUT2D eigenvalue weighted by molar-refractivity contribution is 0.0926. The van der Waals surface area contributed by atoms with Crippen molar-refractivity contribution in [2.75, 3.05) is 6.54 Å². The van der Waals surface area contributed by atoms with Crippen LogP contribution in [0.3, 0.4) is 0 Å². The summed E-state index contributed by atoms with van der Waals surface area (Å²) in [6, 6.07) is 9.97. The van der Waals surface area contributed by atoms with Gasteiger partial charge in [-0.1, -0.05) is 12.1 Å². The zero-order chi connectivity index (χ0) is 16.3. The van der Waals surface area contributed by atoms with Crippen LogP contribution in [0.4, 0.5) is 0 Å². The predicted molar refractivity (Wildman–Crippen MR) is 89.6 cm³/mol. The van der Waals surface area contributed by atoms with E-state index in [9.17, 15) is 13.2 Å². The van der Waals surface area contributed by atoms with Gasteiger partial charge in [-0.3, -0.25) is 4.79 Å². The van der Waals surface area contributed by atoms with E-state index in [0.29, 0.717) is 9.09 Å². The Morgan fingerprint density at radius 2 is 1.91 bits per heavy atom. The third kappa shape index (κ3) is 3.39. The van der Waals surface area contributed by atoms with Gasteiger partial charge < -0.3 is 9.73 Å². The Balaban J connectivity index is 1.84. The van der Waals surface area contributed by atoms with E-state index in [1.54, 1.807) is 35.7 Å². The van der Waals surface area contributed by atoms with Gasteiger partial charge in [-0.15, -0.1) is 22.7 Å². The molecule has 0 spiro atoms. The Hall–Kier alpha value is -1.90. The summed E-state index contributed by atoms with van der Waals surface area (Å²) in [4.78, 5) is 12.7. The molecule has 1 unspecified atom stereocenters. The Bertz CT molecular complexity index is 850. The highest BCUT2D eigenvalue weighted by Crippen LogP contribution is 2.33. The van der Waals surface area contributed by atoms with E-state index in [1.165, 1.54) is 35.0 Å². The molecule has 0 saturated heterocycles. The molecule has 1 N–H and O–H groups in total. The minimum Gasteiger partial charge on any atom is -0.459 e. The van der Waals surface area contributed by atoms with Crippen LogP contribution in [0.1, 0.15) is 20.7 Å². The van der Waals surface area contributed by atoms with Crippen LogP contribution in [0.2, 0.25) is 0 Å². The molecular formula is C15H13NO4S3. The normalized spacial score (nSPS) is 12.9. The number of hydrogen-bond donors (Lipinski definition) is 1. The fourth-order valence-electron chi connectivity index (χ4n) is 2.08. The van der Waals surface area contributed by atoms with Crippen LogP contribution in [-0.2, 0) is 9.84 Å².